The SMILES string of the molecule is CCOCCCN1CCN(CC(=O)O)CC1. The monoisotopic (exact) mass is 230 g/mol. The minimum atomic E-state index is -0.732. The van der Waals surface area contributed by atoms with Crippen LogP contribution in [0, 0.1) is 0 Å². The zero-order chi connectivity index (χ0) is 11.8. The van der Waals surface area contributed by atoms with Crippen LogP contribution in [0.1, 0.15) is 13.3 Å². The quantitative estimate of drug-likeness (QED) is 0.629. The third kappa shape index (κ3) is 5.44. The lowest BCUT2D eigenvalue weighted by molar-refractivity contribution is -0.138. The van der Waals surface area contributed by atoms with Gasteiger partial charge in [0.2, 0.25) is 0 Å². The Kier molecular flexibility index (Phi) is 6.37. The molecular weight excluding hydrogens is 208 g/mol. The Balaban J connectivity index is 2.05. The molecule has 1 heterocycles. The first kappa shape index (κ1) is 13.4. The molecular formula is C11H22N2O3. The Hall–Kier alpha value is -0.650. The van der Waals surface area contributed by atoms with Crippen LogP contribution in [-0.2, 0) is 9.53 Å². The number of carbonyl (C=O) groups is 1. The summed E-state index contributed by atoms with van der Waals surface area (Å²) in [4.78, 5) is 14.9. The van der Waals surface area contributed by atoms with Crippen molar-refractivity contribution in [2.75, 3.05) is 52.5 Å². The fourth-order valence-electron chi connectivity index (χ4n) is 1.90. The molecule has 1 fully saturated rings. The van der Waals surface area contributed by atoms with Gasteiger partial charge in [0.1, 0.15) is 0 Å². The van der Waals surface area contributed by atoms with E-state index in [0.29, 0.717) is 0 Å². The number of ether oxygens (including phenoxy) is 1. The van der Waals surface area contributed by atoms with Crippen molar-refractivity contribution in [3.63, 3.8) is 0 Å². The molecule has 5 heteroatoms. The number of carboxylic acids is 1. The van der Waals surface area contributed by atoms with Gasteiger partial charge < -0.3 is 14.7 Å². The molecule has 0 amide bonds. The van der Waals surface area contributed by atoms with Crippen molar-refractivity contribution >= 4 is 5.97 Å². The highest BCUT2D eigenvalue weighted by Gasteiger charge is 2.17. The molecule has 94 valence electrons. The number of piperazine rings is 1. The van der Waals surface area contributed by atoms with Crippen molar-refractivity contribution in [2.24, 2.45) is 0 Å². The summed E-state index contributed by atoms with van der Waals surface area (Å²) < 4.78 is 5.28. The summed E-state index contributed by atoms with van der Waals surface area (Å²) in [6, 6.07) is 0. The first-order valence-corrected chi connectivity index (χ1v) is 5.96. The van der Waals surface area contributed by atoms with Gasteiger partial charge >= 0.3 is 5.97 Å². The topological polar surface area (TPSA) is 53.0 Å². The highest BCUT2D eigenvalue weighted by Crippen LogP contribution is 2.02. The van der Waals surface area contributed by atoms with Crippen molar-refractivity contribution in [1.29, 1.82) is 0 Å². The molecule has 0 aliphatic carbocycles. The standard InChI is InChI=1S/C11H22N2O3/c1-2-16-9-3-4-12-5-7-13(8-6-12)10-11(14)15/h2-10H2,1H3,(H,14,15). The summed E-state index contributed by atoms with van der Waals surface area (Å²) >= 11 is 0. The van der Waals surface area contributed by atoms with Crippen LogP contribution in [0.5, 0.6) is 0 Å². The zero-order valence-corrected chi connectivity index (χ0v) is 10.0. The summed E-state index contributed by atoms with van der Waals surface area (Å²) in [5.74, 6) is -0.732. The largest absolute Gasteiger partial charge is 0.480 e. The van der Waals surface area contributed by atoms with Gasteiger partial charge in [0.15, 0.2) is 0 Å². The molecule has 1 aliphatic rings. The Bertz CT molecular complexity index is 203. The van der Waals surface area contributed by atoms with Crippen LogP contribution >= 0.6 is 0 Å². The third-order valence-electron chi connectivity index (χ3n) is 2.79. The molecule has 0 radical (unpaired) electrons. The molecule has 1 saturated heterocycles. The summed E-state index contributed by atoms with van der Waals surface area (Å²) in [5.41, 5.74) is 0. The van der Waals surface area contributed by atoms with Gasteiger partial charge in [-0.3, -0.25) is 9.69 Å². The van der Waals surface area contributed by atoms with Crippen molar-refractivity contribution in [3.8, 4) is 0 Å². The lowest BCUT2D eigenvalue weighted by atomic mass is 10.3. The van der Waals surface area contributed by atoms with E-state index in [1.165, 1.54) is 0 Å². The number of hydrogen-bond donors (Lipinski definition) is 1. The molecule has 1 N–H and O–H groups in total. The minimum Gasteiger partial charge on any atom is -0.480 e. The van der Waals surface area contributed by atoms with Crippen molar-refractivity contribution in [1.82, 2.24) is 9.80 Å². The van der Waals surface area contributed by atoms with Crippen LogP contribution in [0.3, 0.4) is 0 Å². The van der Waals surface area contributed by atoms with E-state index >= 15 is 0 Å². The van der Waals surface area contributed by atoms with Crippen LogP contribution in [0.15, 0.2) is 0 Å². The fraction of sp³-hybridized carbons (Fsp3) is 0.909. The molecule has 5 nitrogen and oxygen atoms in total. The first-order chi connectivity index (χ1) is 7.72. The van der Waals surface area contributed by atoms with Crippen molar-refractivity contribution in [3.05, 3.63) is 0 Å². The van der Waals surface area contributed by atoms with E-state index in [9.17, 15) is 4.79 Å². The van der Waals surface area contributed by atoms with Crippen molar-refractivity contribution in [2.45, 2.75) is 13.3 Å². The number of carboxylic acid groups (broad SMARTS) is 1. The smallest absolute Gasteiger partial charge is 0.317 e. The van der Waals surface area contributed by atoms with Gasteiger partial charge in [0, 0.05) is 45.9 Å². The Morgan fingerprint density at radius 1 is 1.25 bits per heavy atom. The maximum Gasteiger partial charge on any atom is 0.317 e. The zero-order valence-electron chi connectivity index (χ0n) is 10.0. The van der Waals surface area contributed by atoms with Gasteiger partial charge in [0.05, 0.1) is 6.54 Å². The van der Waals surface area contributed by atoms with Crippen LogP contribution < -0.4 is 0 Å². The van der Waals surface area contributed by atoms with E-state index in [0.717, 1.165) is 52.4 Å². The number of hydrogen-bond acceptors (Lipinski definition) is 4. The fourth-order valence-corrected chi connectivity index (χ4v) is 1.90. The predicted molar refractivity (Wildman–Crippen MR) is 61.6 cm³/mol. The molecule has 16 heavy (non-hydrogen) atoms. The first-order valence-electron chi connectivity index (χ1n) is 5.96. The minimum absolute atomic E-state index is 0.173. The van der Waals surface area contributed by atoms with Gasteiger partial charge in [0.25, 0.3) is 0 Å². The summed E-state index contributed by atoms with van der Waals surface area (Å²) in [6.45, 7) is 8.51. The second-order valence-electron chi connectivity index (χ2n) is 4.06. The molecule has 0 spiro atoms. The second kappa shape index (κ2) is 7.60. The van der Waals surface area contributed by atoms with E-state index in [1.54, 1.807) is 0 Å². The van der Waals surface area contributed by atoms with E-state index in [2.05, 4.69) is 4.90 Å². The van der Waals surface area contributed by atoms with Crippen LogP contribution in [0.25, 0.3) is 0 Å². The molecule has 0 saturated carbocycles. The molecule has 0 bridgehead atoms. The van der Waals surface area contributed by atoms with Crippen LogP contribution in [0.4, 0.5) is 0 Å². The van der Waals surface area contributed by atoms with Gasteiger partial charge in [-0.15, -0.1) is 0 Å². The Labute approximate surface area is 97.0 Å². The maximum absolute atomic E-state index is 10.5. The van der Waals surface area contributed by atoms with Gasteiger partial charge in [-0.1, -0.05) is 0 Å². The lowest BCUT2D eigenvalue weighted by Crippen LogP contribution is -2.48. The summed E-state index contributed by atoms with van der Waals surface area (Å²) in [7, 11) is 0. The average Bonchev–Trinajstić information content (AvgIpc) is 2.26. The molecule has 0 atom stereocenters. The van der Waals surface area contributed by atoms with E-state index < -0.39 is 5.97 Å². The lowest BCUT2D eigenvalue weighted by Gasteiger charge is -2.33. The molecule has 1 rings (SSSR count). The van der Waals surface area contributed by atoms with Crippen molar-refractivity contribution < 1.29 is 14.6 Å². The van der Waals surface area contributed by atoms with Gasteiger partial charge in [-0.2, -0.15) is 0 Å². The summed E-state index contributed by atoms with van der Waals surface area (Å²) in [5, 5.41) is 8.66. The third-order valence-corrected chi connectivity index (χ3v) is 2.79. The second-order valence-corrected chi connectivity index (χ2v) is 4.06. The Morgan fingerprint density at radius 3 is 2.44 bits per heavy atom. The average molecular weight is 230 g/mol. The maximum atomic E-state index is 10.5. The van der Waals surface area contributed by atoms with E-state index in [4.69, 9.17) is 9.84 Å². The van der Waals surface area contributed by atoms with Crippen LogP contribution in [0.2, 0.25) is 0 Å². The summed E-state index contributed by atoms with van der Waals surface area (Å²) in [6.07, 6.45) is 1.06. The Morgan fingerprint density at radius 2 is 1.88 bits per heavy atom. The number of rotatable bonds is 7. The highest BCUT2D eigenvalue weighted by molar-refractivity contribution is 5.69. The van der Waals surface area contributed by atoms with Crippen LogP contribution in [-0.4, -0.2) is 73.4 Å². The molecule has 0 aromatic rings. The molecule has 0 unspecified atom stereocenters. The normalized spacial score (nSPS) is 18.8. The molecule has 1 aliphatic heterocycles. The highest BCUT2D eigenvalue weighted by atomic mass is 16.5. The van der Waals surface area contributed by atoms with E-state index in [-0.39, 0.29) is 6.54 Å². The molecule has 0 aromatic carbocycles. The number of aliphatic carboxylic acids is 1. The van der Waals surface area contributed by atoms with Gasteiger partial charge in [-0.05, 0) is 13.3 Å². The number of nitrogens with zero attached hydrogens (tertiary/aromatic N) is 2. The van der Waals surface area contributed by atoms with Gasteiger partial charge in [-0.25, -0.2) is 0 Å². The molecule has 0 aromatic heterocycles. The van der Waals surface area contributed by atoms with E-state index in [1.807, 2.05) is 11.8 Å². The predicted octanol–water partition coefficient (Wildman–Crippen LogP) is 0.115.